The number of hydrogen-bond donors (Lipinski definition) is 0. The summed E-state index contributed by atoms with van der Waals surface area (Å²) in [5, 5.41) is 11.0. The lowest BCUT2D eigenvalue weighted by atomic mass is 10.1. The minimum Gasteiger partial charge on any atom is -0.619 e. The molecule has 0 spiro atoms. The van der Waals surface area contributed by atoms with Gasteiger partial charge >= 0.3 is 0 Å². The third kappa shape index (κ3) is 2.53. The molecule has 0 amide bonds. The molecule has 0 unspecified atom stereocenters. The fraction of sp³-hybridized carbons (Fsp3) is 0.0833. The summed E-state index contributed by atoms with van der Waals surface area (Å²) in [5.41, 5.74) is 1.21. The highest BCUT2D eigenvalue weighted by molar-refractivity contribution is 5.24. The van der Waals surface area contributed by atoms with Gasteiger partial charge in [0.05, 0.1) is 0 Å². The molecule has 16 heavy (non-hydrogen) atoms. The first kappa shape index (κ1) is 10.5. The summed E-state index contributed by atoms with van der Waals surface area (Å²) >= 11 is 0. The summed E-state index contributed by atoms with van der Waals surface area (Å²) < 4.78 is 26.5. The number of rotatable bonds is 2. The lowest BCUT2D eigenvalue weighted by Crippen LogP contribution is -2.24. The average Bonchev–Trinajstić information content (AvgIpc) is 2.15. The van der Waals surface area contributed by atoms with E-state index >= 15 is 0 Å². The highest BCUT2D eigenvalue weighted by Gasteiger charge is 2.03. The summed E-state index contributed by atoms with van der Waals surface area (Å²) in [7, 11) is 0. The molecule has 1 aromatic carbocycles. The van der Waals surface area contributed by atoms with Crippen molar-refractivity contribution >= 4 is 0 Å². The minimum absolute atomic E-state index is 0.331. The van der Waals surface area contributed by atoms with Crippen LogP contribution in [0.1, 0.15) is 11.1 Å². The molecule has 0 bridgehead atoms. The molecule has 0 N–H and O–H groups in total. The van der Waals surface area contributed by atoms with E-state index in [0.29, 0.717) is 22.3 Å². The van der Waals surface area contributed by atoms with Crippen molar-refractivity contribution in [3.05, 3.63) is 70.7 Å². The lowest BCUT2D eigenvalue weighted by molar-refractivity contribution is -0.605. The topological polar surface area (TPSA) is 26.9 Å². The zero-order chi connectivity index (χ0) is 11.5. The lowest BCUT2D eigenvalue weighted by Gasteiger charge is -2.02. The third-order valence-corrected chi connectivity index (χ3v) is 2.17. The Morgan fingerprint density at radius 1 is 1.06 bits per heavy atom. The van der Waals surface area contributed by atoms with Crippen molar-refractivity contribution in [2.24, 2.45) is 0 Å². The van der Waals surface area contributed by atoms with E-state index in [-0.39, 0.29) is 0 Å². The molecule has 2 nitrogen and oxygen atoms in total. The summed E-state index contributed by atoms with van der Waals surface area (Å²) in [5.74, 6) is -1.22. The molecule has 1 aromatic heterocycles. The Morgan fingerprint density at radius 3 is 2.38 bits per heavy atom. The molecular formula is C12H9F2NO. The molecule has 0 fully saturated rings. The fourth-order valence-corrected chi connectivity index (χ4v) is 1.55. The van der Waals surface area contributed by atoms with Gasteiger partial charge in [0.25, 0.3) is 0 Å². The SMILES string of the molecule is [O-][n+]1cccc(Cc2cc(F)cc(F)c2)c1. The largest absolute Gasteiger partial charge is 0.619 e. The van der Waals surface area contributed by atoms with Crippen molar-refractivity contribution in [2.45, 2.75) is 6.42 Å². The number of benzene rings is 1. The maximum atomic E-state index is 12.9. The van der Waals surface area contributed by atoms with Gasteiger partial charge in [-0.15, -0.1) is 0 Å². The van der Waals surface area contributed by atoms with Gasteiger partial charge in [-0.1, -0.05) is 0 Å². The smallest absolute Gasteiger partial charge is 0.183 e. The number of halogens is 2. The van der Waals surface area contributed by atoms with Crippen LogP contribution in [0.4, 0.5) is 8.78 Å². The van der Waals surface area contributed by atoms with Gasteiger partial charge in [-0.2, -0.15) is 4.73 Å². The average molecular weight is 221 g/mol. The highest BCUT2D eigenvalue weighted by Crippen LogP contribution is 2.12. The summed E-state index contributed by atoms with van der Waals surface area (Å²) in [6.07, 6.45) is 3.07. The van der Waals surface area contributed by atoms with Gasteiger partial charge in [0.1, 0.15) is 11.6 Å². The monoisotopic (exact) mass is 221 g/mol. The van der Waals surface area contributed by atoms with Crippen molar-refractivity contribution in [2.75, 3.05) is 0 Å². The molecule has 0 radical (unpaired) electrons. The predicted molar refractivity (Wildman–Crippen MR) is 54.6 cm³/mol. The number of pyridine rings is 1. The van der Waals surface area contributed by atoms with Gasteiger partial charge in [-0.05, 0) is 23.8 Å². The second kappa shape index (κ2) is 4.26. The molecule has 1 heterocycles. The molecular weight excluding hydrogens is 212 g/mol. The van der Waals surface area contributed by atoms with Crippen molar-refractivity contribution in [3.8, 4) is 0 Å². The maximum Gasteiger partial charge on any atom is 0.183 e. The van der Waals surface area contributed by atoms with Crippen LogP contribution in [0.15, 0.2) is 42.7 Å². The molecule has 2 aromatic rings. The Hall–Kier alpha value is -1.97. The van der Waals surface area contributed by atoms with Crippen LogP contribution in [-0.2, 0) is 6.42 Å². The summed E-state index contributed by atoms with van der Waals surface area (Å²) in [6, 6.07) is 6.66. The van der Waals surface area contributed by atoms with Gasteiger partial charge in [0.15, 0.2) is 12.4 Å². The standard InChI is InChI=1S/C12H9F2NO/c13-11-5-10(6-12(14)7-11)4-9-2-1-3-15(16)8-9/h1-3,5-8H,4H2. The van der Waals surface area contributed by atoms with Gasteiger partial charge in [-0.25, -0.2) is 8.78 Å². The molecule has 4 heteroatoms. The van der Waals surface area contributed by atoms with E-state index in [9.17, 15) is 14.0 Å². The molecule has 2 rings (SSSR count). The van der Waals surface area contributed by atoms with Crippen LogP contribution in [0.2, 0.25) is 0 Å². The van der Waals surface area contributed by atoms with Crippen LogP contribution in [-0.4, -0.2) is 0 Å². The van der Waals surface area contributed by atoms with Crippen LogP contribution < -0.4 is 4.73 Å². The first-order chi connectivity index (χ1) is 7.63. The van der Waals surface area contributed by atoms with Crippen molar-refractivity contribution in [1.29, 1.82) is 0 Å². The van der Waals surface area contributed by atoms with Gasteiger partial charge in [-0.3, -0.25) is 0 Å². The first-order valence-electron chi connectivity index (χ1n) is 4.76. The van der Waals surface area contributed by atoms with Crippen molar-refractivity contribution in [1.82, 2.24) is 0 Å². The fourth-order valence-electron chi connectivity index (χ4n) is 1.55. The Bertz CT molecular complexity index is 494. The van der Waals surface area contributed by atoms with E-state index in [1.54, 1.807) is 12.1 Å². The molecule has 0 atom stereocenters. The van der Waals surface area contributed by atoms with Gasteiger partial charge in [0.2, 0.25) is 0 Å². The highest BCUT2D eigenvalue weighted by atomic mass is 19.1. The second-order valence-corrected chi connectivity index (χ2v) is 3.53. The molecule has 0 aliphatic heterocycles. The first-order valence-corrected chi connectivity index (χ1v) is 4.76. The van der Waals surface area contributed by atoms with E-state index in [2.05, 4.69) is 0 Å². The molecule has 0 aliphatic rings. The van der Waals surface area contributed by atoms with Gasteiger partial charge in [0, 0.05) is 24.1 Å². The Balaban J connectivity index is 2.27. The van der Waals surface area contributed by atoms with Crippen LogP contribution in [0.5, 0.6) is 0 Å². The minimum atomic E-state index is -0.610. The number of nitrogens with zero attached hydrogens (tertiary/aromatic N) is 1. The van der Waals surface area contributed by atoms with E-state index in [1.807, 2.05) is 0 Å². The normalized spacial score (nSPS) is 10.4. The molecule has 82 valence electrons. The molecule has 0 saturated heterocycles. The van der Waals surface area contributed by atoms with Crippen LogP contribution in [0.3, 0.4) is 0 Å². The van der Waals surface area contributed by atoms with Crippen LogP contribution in [0.25, 0.3) is 0 Å². The zero-order valence-electron chi connectivity index (χ0n) is 8.36. The van der Waals surface area contributed by atoms with E-state index in [4.69, 9.17) is 0 Å². The Labute approximate surface area is 91.4 Å². The molecule has 0 aliphatic carbocycles. The second-order valence-electron chi connectivity index (χ2n) is 3.53. The Kier molecular flexibility index (Phi) is 2.81. The Morgan fingerprint density at radius 2 is 1.75 bits per heavy atom. The zero-order valence-corrected chi connectivity index (χ0v) is 8.36. The van der Waals surface area contributed by atoms with Crippen LogP contribution >= 0.6 is 0 Å². The predicted octanol–water partition coefficient (Wildman–Crippen LogP) is 2.19. The van der Waals surface area contributed by atoms with Crippen LogP contribution in [0, 0.1) is 16.8 Å². The summed E-state index contributed by atoms with van der Waals surface area (Å²) in [4.78, 5) is 0. The number of aromatic nitrogens is 1. The third-order valence-electron chi connectivity index (χ3n) is 2.17. The van der Waals surface area contributed by atoms with E-state index in [1.165, 1.54) is 24.5 Å². The molecule has 0 saturated carbocycles. The van der Waals surface area contributed by atoms with Crippen molar-refractivity contribution < 1.29 is 13.5 Å². The number of hydrogen-bond acceptors (Lipinski definition) is 1. The van der Waals surface area contributed by atoms with E-state index < -0.39 is 11.6 Å². The van der Waals surface area contributed by atoms with Crippen molar-refractivity contribution in [3.63, 3.8) is 0 Å². The maximum absolute atomic E-state index is 12.9. The quantitative estimate of drug-likeness (QED) is 0.564. The van der Waals surface area contributed by atoms with E-state index in [0.717, 1.165) is 6.07 Å². The van der Waals surface area contributed by atoms with Gasteiger partial charge < -0.3 is 5.21 Å². The summed E-state index contributed by atoms with van der Waals surface area (Å²) in [6.45, 7) is 0.